The maximum atomic E-state index is 11.6. The Kier molecular flexibility index (Phi) is 20.5. The molecular weight excluding hydrogens is 485 g/mol. The number of thioether (sulfide) groups is 1. The van der Waals surface area contributed by atoms with Gasteiger partial charge in [0, 0.05) is 19.0 Å². The molecule has 0 saturated carbocycles. The summed E-state index contributed by atoms with van der Waals surface area (Å²) in [6.07, 6.45) is 12.9. The highest BCUT2D eigenvalue weighted by Crippen LogP contribution is 2.25. The van der Waals surface area contributed by atoms with Crippen molar-refractivity contribution in [2.45, 2.75) is 87.4 Å². The molecule has 0 radical (unpaired) electrons. The topological polar surface area (TPSA) is 84.9 Å². The van der Waals surface area contributed by atoms with Crippen molar-refractivity contribution >= 4 is 58.6 Å². The molecule has 2 N–H and O–H groups in total. The second-order valence-corrected chi connectivity index (χ2v) is 11.1. The van der Waals surface area contributed by atoms with Crippen molar-refractivity contribution < 1.29 is 24.2 Å². The zero-order valence-electron chi connectivity index (χ0n) is 18.5. The number of hydrogen-bond donors (Lipinski definition) is 2. The summed E-state index contributed by atoms with van der Waals surface area (Å²) in [5.74, 6) is -0.181. The Morgan fingerprint density at radius 1 is 0.935 bits per heavy atom. The molecule has 6 nitrogen and oxygen atoms in total. The van der Waals surface area contributed by atoms with Gasteiger partial charge in [0.1, 0.15) is 12.6 Å². The Morgan fingerprint density at radius 3 is 2.03 bits per heavy atom. The van der Waals surface area contributed by atoms with Crippen LogP contribution in [0.2, 0.25) is 0 Å². The van der Waals surface area contributed by atoms with Crippen molar-refractivity contribution in [3.05, 3.63) is 0 Å². The highest BCUT2D eigenvalue weighted by molar-refractivity contribution is 7.99. The Labute approximate surface area is 206 Å². The predicted molar refractivity (Wildman–Crippen MR) is 131 cm³/mol. The van der Waals surface area contributed by atoms with Crippen LogP contribution >= 0.6 is 46.6 Å². The van der Waals surface area contributed by atoms with Crippen LogP contribution in [0, 0.1) is 0 Å². The molecule has 0 saturated heterocycles. The lowest BCUT2D eigenvalue weighted by atomic mass is 10.1. The van der Waals surface area contributed by atoms with Crippen LogP contribution in [0.4, 0.5) is 4.79 Å². The van der Waals surface area contributed by atoms with Gasteiger partial charge in [0.2, 0.25) is 3.79 Å². The third-order valence-corrected chi connectivity index (χ3v) is 5.93. The first-order chi connectivity index (χ1) is 14.8. The summed E-state index contributed by atoms with van der Waals surface area (Å²) in [5, 5.41) is 11.4. The van der Waals surface area contributed by atoms with Crippen molar-refractivity contribution in [2.24, 2.45) is 0 Å². The van der Waals surface area contributed by atoms with E-state index in [2.05, 4.69) is 17.0 Å². The summed E-state index contributed by atoms with van der Waals surface area (Å²) < 4.78 is 8.58. The summed E-state index contributed by atoms with van der Waals surface area (Å²) in [4.78, 5) is 22.8. The van der Waals surface area contributed by atoms with Crippen LogP contribution < -0.4 is 5.32 Å². The van der Waals surface area contributed by atoms with E-state index in [9.17, 15) is 14.7 Å². The minimum atomic E-state index is -1.74. The molecule has 0 aromatic carbocycles. The molecule has 0 spiro atoms. The molecule has 1 atom stereocenters. The third kappa shape index (κ3) is 22.9. The fraction of sp³-hybridized carbons (Fsp3) is 0.905. The van der Waals surface area contributed by atoms with E-state index < -0.39 is 28.5 Å². The van der Waals surface area contributed by atoms with Gasteiger partial charge in [-0.3, -0.25) is 0 Å². The number of rotatable bonds is 20. The van der Waals surface area contributed by atoms with Gasteiger partial charge in [-0.15, -0.1) is 0 Å². The molecule has 0 rings (SSSR count). The Morgan fingerprint density at radius 2 is 1.48 bits per heavy atom. The lowest BCUT2D eigenvalue weighted by Gasteiger charge is -2.16. The zero-order valence-corrected chi connectivity index (χ0v) is 21.6. The lowest BCUT2D eigenvalue weighted by Crippen LogP contribution is -2.43. The highest BCUT2D eigenvalue weighted by Gasteiger charge is 2.25. The minimum absolute atomic E-state index is 0.219. The maximum Gasteiger partial charge on any atom is 0.408 e. The molecule has 31 heavy (non-hydrogen) atoms. The number of halogens is 3. The second kappa shape index (κ2) is 20.5. The van der Waals surface area contributed by atoms with E-state index in [1.54, 1.807) is 0 Å². The van der Waals surface area contributed by atoms with Crippen LogP contribution in [-0.4, -0.2) is 58.3 Å². The van der Waals surface area contributed by atoms with Crippen molar-refractivity contribution in [1.29, 1.82) is 0 Å². The van der Waals surface area contributed by atoms with Gasteiger partial charge >= 0.3 is 12.1 Å². The van der Waals surface area contributed by atoms with Gasteiger partial charge in [0.15, 0.2) is 0 Å². The first-order valence-electron chi connectivity index (χ1n) is 11.1. The average Bonchev–Trinajstić information content (AvgIpc) is 2.70. The van der Waals surface area contributed by atoms with Gasteiger partial charge in [-0.25, -0.2) is 9.59 Å². The lowest BCUT2D eigenvalue weighted by molar-refractivity contribution is -0.138. The molecular formula is C21H38Cl3NO5S. The number of carbonyl (C=O) groups excluding carboxylic acids is 1. The fourth-order valence-electron chi connectivity index (χ4n) is 2.76. The summed E-state index contributed by atoms with van der Waals surface area (Å²) in [7, 11) is 0. The standard InChI is InChI=1S/C21H38Cl3NO5S/c1-2-3-4-5-6-7-8-9-10-11-13-29-14-12-15-31-16-18(19(26)27)25-20(28)30-17-21(22,23)24/h18H,2-17H2,1H3,(H,25,28)(H,26,27)/t18-/m0/s1. The number of unbranched alkanes of at least 4 members (excludes halogenated alkanes) is 9. The first-order valence-corrected chi connectivity index (χ1v) is 13.4. The molecule has 0 bridgehead atoms. The third-order valence-electron chi connectivity index (χ3n) is 4.46. The van der Waals surface area contributed by atoms with Gasteiger partial charge in [0.05, 0.1) is 0 Å². The SMILES string of the molecule is CCCCCCCCCCCCOCCCSC[C@H](NC(=O)OCC(Cl)(Cl)Cl)C(=O)O. The van der Waals surface area contributed by atoms with Crippen LogP contribution in [0.15, 0.2) is 0 Å². The predicted octanol–water partition coefficient (Wildman–Crippen LogP) is 6.60. The van der Waals surface area contributed by atoms with Gasteiger partial charge < -0.3 is 19.9 Å². The molecule has 1 amide bonds. The fourth-order valence-corrected chi connectivity index (χ4v) is 3.88. The number of ether oxygens (including phenoxy) is 2. The molecule has 10 heteroatoms. The van der Waals surface area contributed by atoms with E-state index in [1.807, 2.05) is 0 Å². The quantitative estimate of drug-likeness (QED) is 0.138. The van der Waals surface area contributed by atoms with Crippen molar-refractivity contribution in [3.63, 3.8) is 0 Å². The number of alkyl halides is 3. The van der Waals surface area contributed by atoms with E-state index in [1.165, 1.54) is 69.5 Å². The summed E-state index contributed by atoms with van der Waals surface area (Å²) in [5.41, 5.74) is 0. The highest BCUT2D eigenvalue weighted by atomic mass is 35.6. The van der Waals surface area contributed by atoms with Crippen LogP contribution in [0.1, 0.15) is 77.6 Å². The molecule has 0 aliphatic rings. The summed E-state index contributed by atoms with van der Waals surface area (Å²) >= 11 is 17.9. The Balaban J connectivity index is 3.54. The molecule has 0 fully saturated rings. The number of nitrogens with one attached hydrogen (secondary N) is 1. The van der Waals surface area contributed by atoms with E-state index in [0.29, 0.717) is 6.61 Å². The molecule has 0 aromatic heterocycles. The zero-order chi connectivity index (χ0) is 23.4. The molecule has 0 aliphatic heterocycles. The van der Waals surface area contributed by atoms with Crippen LogP contribution in [0.5, 0.6) is 0 Å². The van der Waals surface area contributed by atoms with Crippen LogP contribution in [0.3, 0.4) is 0 Å². The number of amides is 1. The van der Waals surface area contributed by atoms with E-state index >= 15 is 0 Å². The van der Waals surface area contributed by atoms with E-state index in [0.717, 1.165) is 25.2 Å². The number of aliphatic carboxylic acids is 1. The summed E-state index contributed by atoms with van der Waals surface area (Å²) in [6, 6.07) is -1.07. The number of carbonyl (C=O) groups is 2. The smallest absolute Gasteiger partial charge is 0.408 e. The number of carboxylic acids is 1. The van der Waals surface area contributed by atoms with Crippen LogP contribution in [0.25, 0.3) is 0 Å². The van der Waals surface area contributed by atoms with Crippen molar-refractivity contribution in [1.82, 2.24) is 5.32 Å². The molecule has 0 aromatic rings. The average molecular weight is 523 g/mol. The molecule has 0 unspecified atom stereocenters. The Bertz CT molecular complexity index is 467. The van der Waals surface area contributed by atoms with Gasteiger partial charge in [-0.2, -0.15) is 11.8 Å². The monoisotopic (exact) mass is 521 g/mol. The molecule has 0 heterocycles. The van der Waals surface area contributed by atoms with Gasteiger partial charge in [0.25, 0.3) is 0 Å². The normalized spacial score (nSPS) is 12.5. The van der Waals surface area contributed by atoms with Crippen molar-refractivity contribution in [2.75, 3.05) is 31.3 Å². The number of carboxylic acid groups (broad SMARTS) is 1. The molecule has 184 valence electrons. The summed E-state index contributed by atoms with van der Waals surface area (Å²) in [6.45, 7) is 3.21. The van der Waals surface area contributed by atoms with Gasteiger partial charge in [-0.1, -0.05) is 99.5 Å². The minimum Gasteiger partial charge on any atom is -0.480 e. The van der Waals surface area contributed by atoms with E-state index in [4.69, 9.17) is 39.5 Å². The van der Waals surface area contributed by atoms with Crippen LogP contribution in [-0.2, 0) is 14.3 Å². The maximum absolute atomic E-state index is 11.6. The van der Waals surface area contributed by atoms with E-state index in [-0.39, 0.29) is 5.75 Å². The molecule has 0 aliphatic carbocycles. The second-order valence-electron chi connectivity index (χ2n) is 7.45. The number of hydrogen-bond acceptors (Lipinski definition) is 5. The van der Waals surface area contributed by atoms with Crippen molar-refractivity contribution in [3.8, 4) is 0 Å². The number of alkyl carbamates (subject to hydrolysis) is 1. The first kappa shape index (κ1) is 30.9. The largest absolute Gasteiger partial charge is 0.480 e. The van der Waals surface area contributed by atoms with Gasteiger partial charge in [-0.05, 0) is 18.6 Å². The Hall–Kier alpha value is -0.0800.